The molecule has 2 aromatic rings. The molecule has 5 heteroatoms. The molecule has 0 atom stereocenters. The lowest BCUT2D eigenvalue weighted by molar-refractivity contribution is 0.0342. The topological polar surface area (TPSA) is 53.6 Å². The third kappa shape index (κ3) is 6.17. The molecule has 0 unspecified atom stereocenters. The number of hydrogen-bond acceptors (Lipinski definition) is 3. The second-order valence-corrected chi connectivity index (χ2v) is 6.55. The quantitative estimate of drug-likeness (QED) is 0.804. The maximum absolute atomic E-state index is 11.9. The number of carbonyl (C=O) groups excluding carboxylic acids is 1. The van der Waals surface area contributed by atoms with E-state index in [2.05, 4.69) is 51.9 Å². The van der Waals surface area contributed by atoms with Gasteiger partial charge in [-0.15, -0.1) is 0 Å². The zero-order chi connectivity index (χ0) is 18.0. The van der Waals surface area contributed by atoms with Crippen LogP contribution in [0, 0.1) is 0 Å². The predicted octanol–water partition coefficient (Wildman–Crippen LogP) is 2.56. The van der Waals surface area contributed by atoms with Crippen molar-refractivity contribution < 1.29 is 9.53 Å². The third-order valence-electron chi connectivity index (χ3n) is 4.53. The van der Waals surface area contributed by atoms with E-state index in [1.165, 1.54) is 11.1 Å². The van der Waals surface area contributed by atoms with Gasteiger partial charge in [0.25, 0.3) is 0 Å². The van der Waals surface area contributed by atoms with Gasteiger partial charge in [-0.2, -0.15) is 0 Å². The van der Waals surface area contributed by atoms with Gasteiger partial charge in [-0.3, -0.25) is 4.90 Å². The zero-order valence-corrected chi connectivity index (χ0v) is 15.1. The Morgan fingerprint density at radius 1 is 0.885 bits per heavy atom. The molecular weight excluding hydrogens is 326 g/mol. The molecule has 0 radical (unpaired) electrons. The first kappa shape index (κ1) is 18.4. The van der Waals surface area contributed by atoms with Gasteiger partial charge in [-0.25, -0.2) is 4.79 Å². The lowest BCUT2D eigenvalue weighted by Crippen LogP contribution is -2.36. The minimum atomic E-state index is -0.127. The average Bonchev–Trinajstić information content (AvgIpc) is 2.69. The molecule has 2 N–H and O–H groups in total. The minimum Gasteiger partial charge on any atom is -0.379 e. The number of carbonyl (C=O) groups is 1. The van der Waals surface area contributed by atoms with Gasteiger partial charge in [0, 0.05) is 32.7 Å². The molecule has 0 saturated carbocycles. The van der Waals surface area contributed by atoms with Crippen LogP contribution < -0.4 is 10.6 Å². The van der Waals surface area contributed by atoms with Crippen molar-refractivity contribution >= 4 is 6.03 Å². The Morgan fingerprint density at radius 2 is 1.58 bits per heavy atom. The number of ether oxygens (including phenoxy) is 1. The first-order valence-electron chi connectivity index (χ1n) is 9.23. The van der Waals surface area contributed by atoms with Gasteiger partial charge >= 0.3 is 6.03 Å². The van der Waals surface area contributed by atoms with Crippen molar-refractivity contribution in [2.45, 2.75) is 19.5 Å². The zero-order valence-electron chi connectivity index (χ0n) is 15.1. The normalized spacial score (nSPS) is 14.8. The molecule has 5 nitrogen and oxygen atoms in total. The van der Waals surface area contributed by atoms with Crippen molar-refractivity contribution in [2.75, 3.05) is 32.8 Å². The highest BCUT2D eigenvalue weighted by Gasteiger charge is 2.10. The average molecular weight is 353 g/mol. The molecule has 0 aromatic heterocycles. The number of rotatable bonds is 7. The van der Waals surface area contributed by atoms with Crippen molar-refractivity contribution in [1.29, 1.82) is 0 Å². The van der Waals surface area contributed by atoms with Crippen LogP contribution in [-0.4, -0.2) is 43.8 Å². The summed E-state index contributed by atoms with van der Waals surface area (Å²) in [6.45, 7) is 5.75. The van der Waals surface area contributed by atoms with Crippen LogP contribution in [0.5, 0.6) is 0 Å². The SMILES string of the molecule is O=C(NCCc1ccccc1)NCc1ccc(CN2CCOCC2)cc1. The second kappa shape index (κ2) is 9.94. The minimum absolute atomic E-state index is 0.127. The fourth-order valence-electron chi connectivity index (χ4n) is 2.99. The summed E-state index contributed by atoms with van der Waals surface area (Å²) in [4.78, 5) is 14.3. The molecule has 1 aliphatic rings. The van der Waals surface area contributed by atoms with Crippen LogP contribution in [0.2, 0.25) is 0 Å². The Balaban J connectivity index is 1.35. The van der Waals surface area contributed by atoms with Gasteiger partial charge in [0.2, 0.25) is 0 Å². The summed E-state index contributed by atoms with van der Waals surface area (Å²) in [5, 5.41) is 5.81. The predicted molar refractivity (Wildman–Crippen MR) is 103 cm³/mol. The molecule has 0 spiro atoms. The summed E-state index contributed by atoms with van der Waals surface area (Å²) in [6, 6.07) is 18.5. The Morgan fingerprint density at radius 3 is 2.31 bits per heavy atom. The Hall–Kier alpha value is -2.37. The number of hydrogen-bond donors (Lipinski definition) is 2. The summed E-state index contributed by atoms with van der Waals surface area (Å²) in [6.07, 6.45) is 0.838. The summed E-state index contributed by atoms with van der Waals surface area (Å²) < 4.78 is 5.38. The van der Waals surface area contributed by atoms with Crippen LogP contribution in [0.4, 0.5) is 4.79 Å². The first-order chi connectivity index (χ1) is 12.8. The number of urea groups is 1. The van der Waals surface area contributed by atoms with Crippen LogP contribution in [0.25, 0.3) is 0 Å². The molecular formula is C21H27N3O2. The number of nitrogens with one attached hydrogen (secondary N) is 2. The third-order valence-corrected chi connectivity index (χ3v) is 4.53. The Kier molecular flexibility index (Phi) is 7.05. The van der Waals surface area contributed by atoms with E-state index in [0.29, 0.717) is 13.1 Å². The smallest absolute Gasteiger partial charge is 0.315 e. The van der Waals surface area contributed by atoms with Crippen LogP contribution in [0.1, 0.15) is 16.7 Å². The van der Waals surface area contributed by atoms with E-state index in [-0.39, 0.29) is 6.03 Å². The van der Waals surface area contributed by atoms with Gasteiger partial charge in [-0.05, 0) is 23.1 Å². The molecule has 1 fully saturated rings. The molecule has 3 rings (SSSR count). The largest absolute Gasteiger partial charge is 0.379 e. The van der Waals surface area contributed by atoms with Gasteiger partial charge in [0.05, 0.1) is 13.2 Å². The fourth-order valence-corrected chi connectivity index (χ4v) is 2.99. The number of amides is 2. The lowest BCUT2D eigenvalue weighted by Gasteiger charge is -2.26. The molecule has 138 valence electrons. The highest BCUT2D eigenvalue weighted by molar-refractivity contribution is 5.73. The van der Waals surface area contributed by atoms with E-state index in [1.54, 1.807) is 0 Å². The van der Waals surface area contributed by atoms with Gasteiger partial charge in [0.1, 0.15) is 0 Å². The Labute approximate surface area is 155 Å². The lowest BCUT2D eigenvalue weighted by atomic mass is 10.1. The van der Waals surface area contributed by atoms with Crippen molar-refractivity contribution in [1.82, 2.24) is 15.5 Å². The molecule has 1 aliphatic heterocycles. The van der Waals surface area contributed by atoms with Gasteiger partial charge in [-0.1, -0.05) is 54.6 Å². The summed E-state index contributed by atoms with van der Waals surface area (Å²) in [5.74, 6) is 0. The molecule has 1 heterocycles. The summed E-state index contributed by atoms with van der Waals surface area (Å²) in [7, 11) is 0. The Bertz CT molecular complexity index is 667. The number of benzene rings is 2. The van der Waals surface area contributed by atoms with E-state index >= 15 is 0 Å². The van der Waals surface area contributed by atoms with E-state index in [0.717, 1.165) is 44.8 Å². The highest BCUT2D eigenvalue weighted by Crippen LogP contribution is 2.09. The molecule has 2 amide bonds. The summed E-state index contributed by atoms with van der Waals surface area (Å²) in [5.41, 5.74) is 3.63. The van der Waals surface area contributed by atoms with E-state index < -0.39 is 0 Å². The second-order valence-electron chi connectivity index (χ2n) is 6.55. The molecule has 1 saturated heterocycles. The highest BCUT2D eigenvalue weighted by atomic mass is 16.5. The fraction of sp³-hybridized carbons (Fsp3) is 0.381. The van der Waals surface area contributed by atoms with Crippen molar-refractivity contribution in [3.05, 3.63) is 71.3 Å². The van der Waals surface area contributed by atoms with E-state index in [9.17, 15) is 4.79 Å². The molecule has 0 bridgehead atoms. The standard InChI is InChI=1S/C21H27N3O2/c25-21(22-11-10-18-4-2-1-3-5-18)23-16-19-6-8-20(9-7-19)17-24-12-14-26-15-13-24/h1-9H,10-17H2,(H2,22,23,25). The van der Waals surface area contributed by atoms with E-state index in [1.807, 2.05) is 18.2 Å². The van der Waals surface area contributed by atoms with E-state index in [4.69, 9.17) is 4.74 Å². The number of morpholine rings is 1. The van der Waals surface area contributed by atoms with Crippen LogP contribution in [-0.2, 0) is 24.2 Å². The molecule has 2 aromatic carbocycles. The maximum atomic E-state index is 11.9. The monoisotopic (exact) mass is 353 g/mol. The summed E-state index contributed by atoms with van der Waals surface area (Å²) >= 11 is 0. The van der Waals surface area contributed by atoms with Gasteiger partial charge < -0.3 is 15.4 Å². The molecule has 0 aliphatic carbocycles. The maximum Gasteiger partial charge on any atom is 0.315 e. The number of nitrogens with zero attached hydrogens (tertiary/aromatic N) is 1. The van der Waals surface area contributed by atoms with Gasteiger partial charge in [0.15, 0.2) is 0 Å². The van der Waals surface area contributed by atoms with Crippen molar-refractivity contribution in [3.8, 4) is 0 Å². The van der Waals surface area contributed by atoms with Crippen molar-refractivity contribution in [3.63, 3.8) is 0 Å². The van der Waals surface area contributed by atoms with Crippen molar-refractivity contribution in [2.24, 2.45) is 0 Å². The van der Waals surface area contributed by atoms with Crippen LogP contribution >= 0.6 is 0 Å². The first-order valence-corrected chi connectivity index (χ1v) is 9.23. The van der Waals surface area contributed by atoms with Crippen LogP contribution in [0.15, 0.2) is 54.6 Å². The molecule has 26 heavy (non-hydrogen) atoms. The van der Waals surface area contributed by atoms with Crippen LogP contribution in [0.3, 0.4) is 0 Å².